The minimum atomic E-state index is 0. The zero-order chi connectivity index (χ0) is 19.8. The third kappa shape index (κ3) is 6.42. The summed E-state index contributed by atoms with van der Waals surface area (Å²) < 4.78 is 16.6. The zero-order valence-corrected chi connectivity index (χ0v) is 19.6. The molecule has 0 saturated heterocycles. The third-order valence-corrected chi connectivity index (χ3v) is 4.49. The second kappa shape index (κ2) is 11.7. The second-order valence-electron chi connectivity index (χ2n) is 6.47. The first-order chi connectivity index (χ1) is 13.7. The van der Waals surface area contributed by atoms with Crippen LogP contribution < -0.4 is 24.8 Å². The van der Waals surface area contributed by atoms with Crippen LogP contribution in [0.15, 0.2) is 41.4 Å². The lowest BCUT2D eigenvalue weighted by Crippen LogP contribution is -2.30. The van der Waals surface area contributed by atoms with Crippen molar-refractivity contribution < 1.29 is 14.2 Å². The molecule has 7 heteroatoms. The van der Waals surface area contributed by atoms with Crippen molar-refractivity contribution in [1.29, 1.82) is 0 Å². The van der Waals surface area contributed by atoms with E-state index < -0.39 is 0 Å². The van der Waals surface area contributed by atoms with E-state index in [0.717, 1.165) is 49.1 Å². The molecule has 2 aromatic carbocycles. The Morgan fingerprint density at radius 3 is 2.76 bits per heavy atom. The molecule has 2 N–H and O–H groups in total. The molecule has 0 radical (unpaired) electrons. The van der Waals surface area contributed by atoms with Crippen LogP contribution in [0.2, 0.25) is 0 Å². The van der Waals surface area contributed by atoms with Crippen molar-refractivity contribution in [3.05, 3.63) is 47.5 Å². The smallest absolute Gasteiger partial charge is 0.195 e. The van der Waals surface area contributed by atoms with Crippen LogP contribution >= 0.6 is 24.0 Å². The van der Waals surface area contributed by atoms with Crippen molar-refractivity contribution in [2.45, 2.75) is 26.7 Å². The molecule has 158 valence electrons. The highest BCUT2D eigenvalue weighted by Crippen LogP contribution is 2.30. The lowest BCUT2D eigenvalue weighted by atomic mass is 10.1. The van der Waals surface area contributed by atoms with E-state index in [9.17, 15) is 0 Å². The van der Waals surface area contributed by atoms with Gasteiger partial charge in [0.1, 0.15) is 5.75 Å². The molecule has 1 heterocycles. The fourth-order valence-corrected chi connectivity index (χ4v) is 3.16. The van der Waals surface area contributed by atoms with Crippen molar-refractivity contribution in [2.24, 2.45) is 4.99 Å². The van der Waals surface area contributed by atoms with Gasteiger partial charge in [0, 0.05) is 31.3 Å². The Morgan fingerprint density at radius 2 is 2.00 bits per heavy atom. The number of anilines is 1. The molecule has 0 bridgehead atoms. The van der Waals surface area contributed by atoms with Crippen molar-refractivity contribution in [1.82, 2.24) is 5.32 Å². The van der Waals surface area contributed by atoms with Crippen LogP contribution in [0.1, 0.15) is 25.0 Å². The van der Waals surface area contributed by atoms with E-state index in [4.69, 9.17) is 19.2 Å². The topological polar surface area (TPSA) is 64.1 Å². The molecule has 0 aliphatic carbocycles. The van der Waals surface area contributed by atoms with Gasteiger partial charge in [-0.05, 0) is 49.6 Å². The summed E-state index contributed by atoms with van der Waals surface area (Å²) in [6.07, 6.45) is 1.88. The first-order valence-corrected chi connectivity index (χ1v) is 9.84. The van der Waals surface area contributed by atoms with Crippen molar-refractivity contribution in [2.75, 3.05) is 38.7 Å². The molecule has 29 heavy (non-hydrogen) atoms. The fraction of sp³-hybridized carbons (Fsp3) is 0.409. The fourth-order valence-electron chi connectivity index (χ4n) is 3.16. The van der Waals surface area contributed by atoms with E-state index in [0.29, 0.717) is 18.9 Å². The largest absolute Gasteiger partial charge is 0.493 e. The first-order valence-electron chi connectivity index (χ1n) is 9.84. The molecule has 0 amide bonds. The summed E-state index contributed by atoms with van der Waals surface area (Å²) in [6, 6.07) is 12.2. The highest BCUT2D eigenvalue weighted by molar-refractivity contribution is 14.0. The molecule has 0 unspecified atom stereocenters. The quantitative estimate of drug-likeness (QED) is 0.315. The molecular formula is C22H30IN3O3. The number of ether oxygens (including phenoxy) is 3. The number of hydrogen-bond donors (Lipinski definition) is 2. The molecule has 2 aromatic rings. The maximum absolute atomic E-state index is 5.57. The Kier molecular flexibility index (Phi) is 9.37. The molecule has 3 rings (SSSR count). The van der Waals surface area contributed by atoms with Gasteiger partial charge in [-0.15, -0.1) is 24.0 Å². The Hall–Kier alpha value is -2.16. The molecule has 0 spiro atoms. The molecule has 0 fully saturated rings. The van der Waals surface area contributed by atoms with Crippen molar-refractivity contribution in [3.8, 4) is 17.2 Å². The van der Waals surface area contributed by atoms with Gasteiger partial charge in [0.25, 0.3) is 0 Å². The van der Waals surface area contributed by atoms with E-state index in [-0.39, 0.29) is 24.0 Å². The van der Waals surface area contributed by atoms with Gasteiger partial charge < -0.3 is 24.8 Å². The number of rotatable bonds is 8. The summed E-state index contributed by atoms with van der Waals surface area (Å²) in [5.41, 5.74) is 3.48. The van der Waals surface area contributed by atoms with Crippen LogP contribution in [-0.2, 0) is 12.8 Å². The first kappa shape index (κ1) is 23.1. The van der Waals surface area contributed by atoms with Gasteiger partial charge in [0.15, 0.2) is 17.5 Å². The van der Waals surface area contributed by atoms with Gasteiger partial charge >= 0.3 is 0 Å². The van der Waals surface area contributed by atoms with Gasteiger partial charge in [-0.25, -0.2) is 0 Å². The molecule has 1 aliphatic heterocycles. The van der Waals surface area contributed by atoms with E-state index in [2.05, 4.69) is 35.8 Å². The second-order valence-corrected chi connectivity index (χ2v) is 6.47. The average molecular weight is 511 g/mol. The van der Waals surface area contributed by atoms with Crippen molar-refractivity contribution >= 4 is 35.6 Å². The molecule has 0 saturated carbocycles. The Bertz CT molecular complexity index is 827. The SMILES string of the molecule is CCNC(=NCCc1ccc2c(c1)CCO2)Nc1ccc(OCC)c(OC)c1.I. The van der Waals surface area contributed by atoms with Crippen LogP contribution in [0, 0.1) is 0 Å². The van der Waals surface area contributed by atoms with Gasteiger partial charge in [0.05, 0.1) is 20.3 Å². The van der Waals surface area contributed by atoms with Crippen LogP contribution in [-0.4, -0.2) is 39.4 Å². The lowest BCUT2D eigenvalue weighted by molar-refractivity contribution is 0.311. The number of hydrogen-bond acceptors (Lipinski definition) is 4. The Labute approximate surface area is 190 Å². The number of nitrogens with one attached hydrogen (secondary N) is 2. The number of halogens is 1. The minimum Gasteiger partial charge on any atom is -0.493 e. The summed E-state index contributed by atoms with van der Waals surface area (Å²) >= 11 is 0. The van der Waals surface area contributed by atoms with Crippen LogP contribution in [0.3, 0.4) is 0 Å². The highest BCUT2D eigenvalue weighted by Gasteiger charge is 2.12. The summed E-state index contributed by atoms with van der Waals surface area (Å²) in [4.78, 5) is 4.70. The molecule has 0 atom stereocenters. The van der Waals surface area contributed by atoms with Crippen LogP contribution in [0.5, 0.6) is 17.2 Å². The van der Waals surface area contributed by atoms with Gasteiger partial charge in [-0.1, -0.05) is 12.1 Å². The predicted octanol–water partition coefficient (Wildman–Crippen LogP) is 4.27. The van der Waals surface area contributed by atoms with Gasteiger partial charge in [0.2, 0.25) is 0 Å². The summed E-state index contributed by atoms with van der Waals surface area (Å²) in [6.45, 7) is 6.88. The van der Waals surface area contributed by atoms with E-state index in [1.165, 1.54) is 11.1 Å². The number of methoxy groups -OCH3 is 1. The van der Waals surface area contributed by atoms with Crippen LogP contribution in [0.4, 0.5) is 5.69 Å². The number of aliphatic imine (C=N–C) groups is 1. The number of nitrogens with zero attached hydrogens (tertiary/aromatic N) is 1. The number of benzene rings is 2. The maximum atomic E-state index is 5.57. The third-order valence-electron chi connectivity index (χ3n) is 4.49. The molecular weight excluding hydrogens is 481 g/mol. The summed E-state index contributed by atoms with van der Waals surface area (Å²) in [7, 11) is 1.64. The predicted molar refractivity (Wildman–Crippen MR) is 129 cm³/mol. The summed E-state index contributed by atoms with van der Waals surface area (Å²) in [5.74, 6) is 3.20. The number of guanidine groups is 1. The average Bonchev–Trinajstić information content (AvgIpc) is 3.17. The van der Waals surface area contributed by atoms with E-state index >= 15 is 0 Å². The van der Waals surface area contributed by atoms with Gasteiger partial charge in [-0.3, -0.25) is 4.99 Å². The zero-order valence-electron chi connectivity index (χ0n) is 17.3. The molecule has 0 aromatic heterocycles. The van der Waals surface area contributed by atoms with E-state index in [1.54, 1.807) is 7.11 Å². The number of fused-ring (bicyclic) bond motifs is 1. The van der Waals surface area contributed by atoms with Crippen molar-refractivity contribution in [3.63, 3.8) is 0 Å². The summed E-state index contributed by atoms with van der Waals surface area (Å²) in [5, 5.41) is 6.62. The maximum Gasteiger partial charge on any atom is 0.195 e. The monoisotopic (exact) mass is 511 g/mol. The lowest BCUT2D eigenvalue weighted by Gasteiger charge is -2.14. The Morgan fingerprint density at radius 1 is 1.14 bits per heavy atom. The van der Waals surface area contributed by atoms with E-state index in [1.807, 2.05) is 25.1 Å². The normalized spacial score (nSPS) is 12.4. The van der Waals surface area contributed by atoms with Crippen LogP contribution in [0.25, 0.3) is 0 Å². The standard InChI is InChI=1S/C22H29N3O3.HI/c1-4-23-22(25-18-7-9-20(27-5-2)21(15-18)26-3)24-12-10-16-6-8-19-17(14-16)11-13-28-19;/h6-9,14-15H,4-5,10-13H2,1-3H3,(H2,23,24,25);1H. The van der Waals surface area contributed by atoms with Gasteiger partial charge in [-0.2, -0.15) is 0 Å². The minimum absolute atomic E-state index is 0. The molecule has 6 nitrogen and oxygen atoms in total. The highest BCUT2D eigenvalue weighted by atomic mass is 127. The molecule has 1 aliphatic rings. The Balaban J connectivity index is 0.00000300.